The molecule has 3 aromatic rings. The van der Waals surface area contributed by atoms with Gasteiger partial charge in [0.25, 0.3) is 0 Å². The maximum absolute atomic E-state index is 13.1. The van der Waals surface area contributed by atoms with Crippen molar-refractivity contribution in [3.8, 4) is 0 Å². The molecule has 0 saturated heterocycles. The van der Waals surface area contributed by atoms with Crippen LogP contribution in [0.5, 0.6) is 0 Å². The van der Waals surface area contributed by atoms with Gasteiger partial charge in [0.05, 0.1) is 0 Å². The van der Waals surface area contributed by atoms with Gasteiger partial charge in [0.2, 0.25) is 0 Å². The van der Waals surface area contributed by atoms with Crippen LogP contribution in [0.3, 0.4) is 0 Å². The van der Waals surface area contributed by atoms with Crippen LogP contribution in [0.15, 0.2) is 118 Å². The molecule has 1 aliphatic carbocycles. The fourth-order valence-corrected chi connectivity index (χ4v) is 9.61. The molecule has 2 atom stereocenters. The summed E-state index contributed by atoms with van der Waals surface area (Å²) >= 11 is 5.70. The average Bonchev–Trinajstić information content (AvgIpc) is 3.16. The minimum absolute atomic E-state index is 0.0103. The first-order valence-electron chi connectivity index (χ1n) is 10.9. The van der Waals surface area contributed by atoms with E-state index in [9.17, 15) is 4.79 Å². The number of carbonyl (C=O) groups is 1. The number of thioether (sulfide) groups is 3. The number of allylic oxidation sites excluding steroid dienone is 1. The minimum atomic E-state index is -0.281. The highest BCUT2D eigenvalue weighted by atomic mass is 32.3. The van der Waals surface area contributed by atoms with Crippen LogP contribution in [0.25, 0.3) is 0 Å². The molecule has 0 radical (unpaired) electrons. The zero-order chi connectivity index (χ0) is 22.4. The predicted molar refractivity (Wildman–Crippen MR) is 140 cm³/mol. The molecular formula is C28H28OS3. The lowest BCUT2D eigenvalue weighted by Gasteiger charge is -2.40. The topological polar surface area (TPSA) is 17.1 Å². The van der Waals surface area contributed by atoms with Crippen molar-refractivity contribution in [3.05, 3.63) is 103 Å². The van der Waals surface area contributed by atoms with E-state index in [0.717, 1.165) is 18.4 Å². The molecule has 4 heteroatoms. The largest absolute Gasteiger partial charge is 0.299 e. The van der Waals surface area contributed by atoms with Crippen molar-refractivity contribution < 1.29 is 4.79 Å². The lowest BCUT2D eigenvalue weighted by molar-refractivity contribution is -0.121. The number of hydrogen-bond donors (Lipinski definition) is 0. The molecule has 0 N–H and O–H groups in total. The molecule has 1 nitrogen and oxygen atoms in total. The van der Waals surface area contributed by atoms with Gasteiger partial charge in [-0.2, -0.15) is 0 Å². The number of hydrogen-bond acceptors (Lipinski definition) is 4. The molecule has 0 heterocycles. The highest BCUT2D eigenvalue weighted by Gasteiger charge is 2.50. The molecule has 1 aliphatic rings. The zero-order valence-corrected chi connectivity index (χ0v) is 20.7. The molecule has 1 saturated carbocycles. The molecule has 0 bridgehead atoms. The van der Waals surface area contributed by atoms with E-state index in [2.05, 4.69) is 97.6 Å². The summed E-state index contributed by atoms with van der Waals surface area (Å²) in [6.45, 7) is 6.19. The second-order valence-electron chi connectivity index (χ2n) is 8.23. The third-order valence-corrected chi connectivity index (χ3v) is 10.4. The van der Waals surface area contributed by atoms with Gasteiger partial charge in [-0.25, -0.2) is 0 Å². The molecule has 0 amide bonds. The van der Waals surface area contributed by atoms with Crippen molar-refractivity contribution in [2.24, 2.45) is 11.8 Å². The zero-order valence-electron chi connectivity index (χ0n) is 18.3. The van der Waals surface area contributed by atoms with Crippen molar-refractivity contribution in [2.75, 3.05) is 0 Å². The van der Waals surface area contributed by atoms with E-state index in [-0.39, 0.29) is 15.2 Å². The van der Waals surface area contributed by atoms with Crippen molar-refractivity contribution in [1.29, 1.82) is 0 Å². The molecule has 0 unspecified atom stereocenters. The Bertz CT molecular complexity index is 933. The average molecular weight is 477 g/mol. The van der Waals surface area contributed by atoms with Crippen molar-refractivity contribution in [1.82, 2.24) is 0 Å². The van der Waals surface area contributed by atoms with E-state index in [0.29, 0.717) is 12.2 Å². The predicted octanol–water partition coefficient (Wildman–Crippen LogP) is 8.58. The molecule has 1 fully saturated rings. The van der Waals surface area contributed by atoms with E-state index in [1.54, 1.807) is 0 Å². The Morgan fingerprint density at radius 1 is 0.812 bits per heavy atom. The van der Waals surface area contributed by atoms with Gasteiger partial charge < -0.3 is 0 Å². The van der Waals surface area contributed by atoms with Crippen LogP contribution in [0.4, 0.5) is 0 Å². The van der Waals surface area contributed by atoms with Gasteiger partial charge in [0, 0.05) is 32.9 Å². The third-order valence-electron chi connectivity index (χ3n) is 5.63. The van der Waals surface area contributed by atoms with Crippen LogP contribution >= 0.6 is 35.3 Å². The Hall–Kier alpha value is -1.88. The van der Waals surface area contributed by atoms with Gasteiger partial charge >= 0.3 is 0 Å². The van der Waals surface area contributed by atoms with E-state index in [1.807, 2.05) is 42.2 Å². The summed E-state index contributed by atoms with van der Waals surface area (Å²) in [5.41, 5.74) is 1.09. The maximum atomic E-state index is 13.1. The highest BCUT2D eigenvalue weighted by Crippen LogP contribution is 2.63. The van der Waals surface area contributed by atoms with Crippen LogP contribution in [-0.4, -0.2) is 9.19 Å². The Kier molecular flexibility index (Phi) is 7.88. The second-order valence-corrected chi connectivity index (χ2v) is 13.0. The van der Waals surface area contributed by atoms with Crippen molar-refractivity contribution >= 4 is 41.1 Å². The Morgan fingerprint density at radius 3 is 1.59 bits per heavy atom. The van der Waals surface area contributed by atoms with Gasteiger partial charge in [-0.15, -0.1) is 6.58 Å². The summed E-state index contributed by atoms with van der Waals surface area (Å²) in [6, 6.07) is 31.8. The SMILES string of the molecule is C=C(C)C[C@H]1C(=O)CC[C@@H]1C(Sc1ccccc1)(Sc1ccccc1)Sc1ccccc1. The highest BCUT2D eigenvalue weighted by molar-refractivity contribution is 8.33. The molecule has 32 heavy (non-hydrogen) atoms. The van der Waals surface area contributed by atoms with Crippen molar-refractivity contribution in [2.45, 2.75) is 44.3 Å². The fraction of sp³-hybridized carbons (Fsp3) is 0.250. The molecule has 4 rings (SSSR count). The Labute approximate surface area is 204 Å². The van der Waals surface area contributed by atoms with Gasteiger partial charge in [0.1, 0.15) is 9.19 Å². The minimum Gasteiger partial charge on any atom is -0.299 e. The van der Waals surface area contributed by atoms with Gasteiger partial charge in [0.15, 0.2) is 0 Å². The summed E-state index contributed by atoms with van der Waals surface area (Å²) in [6.07, 6.45) is 2.34. The Balaban J connectivity index is 1.82. The monoisotopic (exact) mass is 476 g/mol. The quantitative estimate of drug-likeness (QED) is 0.175. The standard InChI is InChI=1S/C28H28OS3/c1-21(2)20-25-26(18-19-27(25)29)28(30-22-12-6-3-7-13-22,31-23-14-8-4-9-15-23)32-24-16-10-5-11-17-24/h3-17,25-26H,1,18-20H2,2H3/t25-,26+/m1/s1. The van der Waals surface area contributed by atoms with E-state index < -0.39 is 0 Å². The lowest BCUT2D eigenvalue weighted by atomic mass is 9.90. The smallest absolute Gasteiger partial charge is 0.136 e. The Morgan fingerprint density at radius 2 is 1.22 bits per heavy atom. The normalized spacial score (nSPS) is 18.6. The third kappa shape index (κ3) is 5.72. The summed E-state index contributed by atoms with van der Waals surface area (Å²) < 4.78 is -0.281. The number of carbonyl (C=O) groups excluding carboxylic acids is 1. The maximum Gasteiger partial charge on any atom is 0.136 e. The van der Waals surface area contributed by atoms with Gasteiger partial charge in [-0.1, -0.05) is 95.5 Å². The molecule has 3 aromatic carbocycles. The van der Waals surface area contributed by atoms with Crippen LogP contribution in [0, 0.1) is 11.8 Å². The van der Waals surface area contributed by atoms with E-state index in [4.69, 9.17) is 0 Å². The lowest BCUT2D eigenvalue weighted by Crippen LogP contribution is -2.32. The summed E-state index contributed by atoms with van der Waals surface area (Å²) in [5, 5.41) is 0. The number of rotatable bonds is 9. The van der Waals surface area contributed by atoms with Gasteiger partial charge in [-0.3, -0.25) is 4.79 Å². The summed E-state index contributed by atoms with van der Waals surface area (Å²) in [7, 11) is 0. The molecule has 0 aromatic heterocycles. The number of Topliss-reactive ketones (excluding diaryl/α,β-unsaturated/α-hetero) is 1. The molecule has 164 valence electrons. The van der Waals surface area contributed by atoms with Crippen molar-refractivity contribution in [3.63, 3.8) is 0 Å². The van der Waals surface area contributed by atoms with E-state index in [1.165, 1.54) is 14.7 Å². The van der Waals surface area contributed by atoms with E-state index >= 15 is 0 Å². The summed E-state index contributed by atoms with van der Waals surface area (Å²) in [4.78, 5) is 16.7. The first kappa shape index (κ1) is 23.3. The number of benzene rings is 3. The van der Waals surface area contributed by atoms with Crippen LogP contribution in [0.2, 0.25) is 0 Å². The van der Waals surface area contributed by atoms with Crippen LogP contribution < -0.4 is 0 Å². The number of ketones is 1. The second kappa shape index (κ2) is 10.8. The fourth-order valence-electron chi connectivity index (χ4n) is 4.21. The van der Waals surface area contributed by atoms with Gasteiger partial charge in [-0.05, 0) is 56.2 Å². The molecule has 0 aliphatic heterocycles. The van der Waals surface area contributed by atoms with Crippen LogP contribution in [0.1, 0.15) is 26.2 Å². The molecular weight excluding hydrogens is 449 g/mol. The molecule has 0 spiro atoms. The first-order chi connectivity index (χ1) is 15.6. The van der Waals surface area contributed by atoms with Crippen LogP contribution in [-0.2, 0) is 4.79 Å². The first-order valence-corrected chi connectivity index (χ1v) is 13.4. The summed E-state index contributed by atoms with van der Waals surface area (Å²) in [5.74, 6) is 0.627.